The maximum Gasteiger partial charge on any atom is 0.317 e. The van der Waals surface area contributed by atoms with Crippen LogP contribution in [-0.4, -0.2) is 85.0 Å². The Kier molecular flexibility index (Phi) is 7.52. The molecule has 2 aliphatic rings. The molecule has 2 aromatic carbocycles. The van der Waals surface area contributed by atoms with Crippen molar-refractivity contribution in [3.63, 3.8) is 0 Å². The van der Waals surface area contributed by atoms with Gasteiger partial charge in [-0.15, -0.1) is 0 Å². The number of carboxylic acids is 1. The van der Waals surface area contributed by atoms with Crippen molar-refractivity contribution in [3.05, 3.63) is 53.8 Å². The van der Waals surface area contributed by atoms with Crippen LogP contribution in [0.5, 0.6) is 23.0 Å². The molecule has 13 nitrogen and oxygen atoms in total. The van der Waals surface area contributed by atoms with Gasteiger partial charge in [-0.05, 0) is 17.7 Å². The first-order valence-corrected chi connectivity index (χ1v) is 11.0. The normalized spacial score (nSPS) is 26.9. The van der Waals surface area contributed by atoms with Crippen LogP contribution in [0, 0.1) is 0 Å². The third-order valence-corrected chi connectivity index (χ3v) is 5.80. The van der Waals surface area contributed by atoms with E-state index in [1.807, 2.05) is 0 Å². The Morgan fingerprint density at radius 1 is 0.946 bits per heavy atom. The highest BCUT2D eigenvalue weighted by atomic mass is 16.7. The summed E-state index contributed by atoms with van der Waals surface area (Å²) in [4.78, 5) is 22.1. The molecule has 6 unspecified atom stereocenters. The van der Waals surface area contributed by atoms with Crippen LogP contribution in [0.2, 0.25) is 0 Å². The average molecular weight is 520 g/mol. The SMILES string of the molecule is O=C(O)CC(=O)OCC1OC(Oc2cc(O)c3c(c2)OC=C(c2ccc(O)cc2)C3O)C(O)C(O)C1O. The number of hydrogen-bond acceptors (Lipinski definition) is 12. The first kappa shape index (κ1) is 26.2. The Balaban J connectivity index is 1.49. The van der Waals surface area contributed by atoms with Crippen molar-refractivity contribution >= 4 is 17.5 Å². The van der Waals surface area contributed by atoms with E-state index in [-0.39, 0.29) is 22.8 Å². The smallest absolute Gasteiger partial charge is 0.317 e. The second-order valence-electron chi connectivity index (χ2n) is 8.38. The van der Waals surface area contributed by atoms with E-state index in [0.29, 0.717) is 11.1 Å². The second kappa shape index (κ2) is 10.6. The van der Waals surface area contributed by atoms with Gasteiger partial charge in [-0.3, -0.25) is 9.59 Å². The number of phenolic OH excluding ortho intramolecular Hbond substituents is 2. The lowest BCUT2D eigenvalue weighted by atomic mass is 9.93. The van der Waals surface area contributed by atoms with Gasteiger partial charge in [0.2, 0.25) is 6.29 Å². The largest absolute Gasteiger partial charge is 0.508 e. The monoisotopic (exact) mass is 520 g/mol. The van der Waals surface area contributed by atoms with Crippen LogP contribution in [0.25, 0.3) is 5.57 Å². The van der Waals surface area contributed by atoms with Gasteiger partial charge in [0.05, 0.1) is 11.8 Å². The number of aliphatic hydroxyl groups excluding tert-OH is 4. The molecule has 1 saturated heterocycles. The van der Waals surface area contributed by atoms with Crippen molar-refractivity contribution in [1.82, 2.24) is 0 Å². The number of hydrogen-bond donors (Lipinski definition) is 7. The Morgan fingerprint density at radius 2 is 1.65 bits per heavy atom. The number of fused-ring (bicyclic) bond motifs is 1. The zero-order chi connectivity index (χ0) is 26.9. The van der Waals surface area contributed by atoms with Gasteiger partial charge >= 0.3 is 11.9 Å². The Hall–Kier alpha value is -3.88. The van der Waals surface area contributed by atoms with Crippen molar-refractivity contribution in [3.8, 4) is 23.0 Å². The van der Waals surface area contributed by atoms with Crippen LogP contribution in [-0.2, 0) is 19.1 Å². The number of ether oxygens (including phenoxy) is 4. The maximum atomic E-state index is 11.5. The van der Waals surface area contributed by atoms with Gasteiger partial charge in [0.15, 0.2) is 0 Å². The number of benzene rings is 2. The fourth-order valence-electron chi connectivity index (χ4n) is 3.89. The number of aromatic hydroxyl groups is 2. The van der Waals surface area contributed by atoms with E-state index in [2.05, 4.69) is 0 Å². The highest BCUT2D eigenvalue weighted by Crippen LogP contribution is 2.46. The Bertz CT molecular complexity index is 1190. The standard InChI is InChI=1S/C24H24O13/c25-11-3-1-10(2-4-11)13-8-34-15-6-12(5-14(26)19(15)20(13)30)36-24-23(33)22(32)21(31)16(37-24)9-35-18(29)7-17(27)28/h1-6,8,16,20-26,30-33H,7,9H2,(H,27,28). The van der Waals surface area contributed by atoms with E-state index in [0.717, 1.165) is 6.07 Å². The minimum Gasteiger partial charge on any atom is -0.508 e. The summed E-state index contributed by atoms with van der Waals surface area (Å²) in [6.45, 7) is -0.632. The number of phenols is 2. The number of aliphatic hydroxyl groups is 4. The predicted octanol–water partition coefficient (Wildman–Crippen LogP) is -0.231. The molecular formula is C24H24O13. The molecular weight excluding hydrogens is 496 g/mol. The number of aliphatic carboxylic acids is 1. The number of carbonyl (C=O) groups excluding carboxylic acids is 1. The summed E-state index contributed by atoms with van der Waals surface area (Å²) >= 11 is 0. The fraction of sp³-hybridized carbons (Fsp3) is 0.333. The summed E-state index contributed by atoms with van der Waals surface area (Å²) in [7, 11) is 0. The number of rotatable bonds is 7. The van der Waals surface area contributed by atoms with Crippen molar-refractivity contribution in [2.45, 2.75) is 43.2 Å². The third-order valence-electron chi connectivity index (χ3n) is 5.80. The number of carbonyl (C=O) groups is 2. The molecule has 4 rings (SSSR count). The molecule has 2 aliphatic heterocycles. The minimum atomic E-state index is -1.78. The maximum absolute atomic E-state index is 11.5. The van der Waals surface area contributed by atoms with Crippen LogP contribution < -0.4 is 9.47 Å². The third kappa shape index (κ3) is 5.60. The highest BCUT2D eigenvalue weighted by Gasteiger charge is 2.45. The van der Waals surface area contributed by atoms with Crippen molar-refractivity contribution < 1.29 is 64.3 Å². The molecule has 0 radical (unpaired) electrons. The van der Waals surface area contributed by atoms with Crippen molar-refractivity contribution in [1.29, 1.82) is 0 Å². The number of carboxylic acid groups (broad SMARTS) is 1. The summed E-state index contributed by atoms with van der Waals surface area (Å²) in [6, 6.07) is 8.37. The van der Waals surface area contributed by atoms with Gasteiger partial charge in [0.25, 0.3) is 0 Å². The van der Waals surface area contributed by atoms with Gasteiger partial charge < -0.3 is 54.7 Å². The highest BCUT2D eigenvalue weighted by molar-refractivity contribution is 5.90. The fourth-order valence-corrected chi connectivity index (χ4v) is 3.89. The van der Waals surface area contributed by atoms with Gasteiger partial charge in [-0.2, -0.15) is 0 Å². The molecule has 2 aromatic rings. The van der Waals surface area contributed by atoms with Gasteiger partial charge in [-0.1, -0.05) is 12.1 Å². The topological polar surface area (TPSA) is 213 Å². The predicted molar refractivity (Wildman–Crippen MR) is 120 cm³/mol. The molecule has 7 N–H and O–H groups in total. The second-order valence-corrected chi connectivity index (χ2v) is 8.38. The molecule has 2 heterocycles. The summed E-state index contributed by atoms with van der Waals surface area (Å²) in [5.74, 6) is -2.98. The van der Waals surface area contributed by atoms with Crippen LogP contribution in [0.1, 0.15) is 23.7 Å². The zero-order valence-electron chi connectivity index (χ0n) is 19.0. The Labute approximate surface area is 209 Å². The molecule has 6 atom stereocenters. The lowest BCUT2D eigenvalue weighted by Crippen LogP contribution is -2.60. The van der Waals surface area contributed by atoms with Crippen LogP contribution in [0.3, 0.4) is 0 Å². The summed E-state index contributed by atoms with van der Waals surface area (Å²) in [5, 5.41) is 70.1. The zero-order valence-corrected chi connectivity index (χ0v) is 19.0. The molecule has 13 heteroatoms. The Morgan fingerprint density at radius 3 is 2.32 bits per heavy atom. The number of esters is 1. The van der Waals surface area contributed by atoms with Crippen molar-refractivity contribution in [2.75, 3.05) is 6.61 Å². The van der Waals surface area contributed by atoms with Crippen LogP contribution >= 0.6 is 0 Å². The van der Waals surface area contributed by atoms with Gasteiger partial charge in [0.1, 0.15) is 66.5 Å². The molecule has 0 aromatic heterocycles. The van der Waals surface area contributed by atoms with E-state index >= 15 is 0 Å². The molecule has 198 valence electrons. The minimum absolute atomic E-state index is 0.0232. The van der Waals surface area contributed by atoms with E-state index in [4.69, 9.17) is 24.1 Å². The summed E-state index contributed by atoms with van der Waals surface area (Å²) < 4.78 is 21.3. The molecule has 37 heavy (non-hydrogen) atoms. The molecule has 0 bridgehead atoms. The average Bonchev–Trinajstić information content (AvgIpc) is 2.84. The first-order chi connectivity index (χ1) is 17.5. The molecule has 0 saturated carbocycles. The van der Waals surface area contributed by atoms with E-state index in [1.54, 1.807) is 12.1 Å². The lowest BCUT2D eigenvalue weighted by molar-refractivity contribution is -0.278. The van der Waals surface area contributed by atoms with Crippen LogP contribution in [0.4, 0.5) is 0 Å². The molecule has 0 aliphatic carbocycles. The van der Waals surface area contributed by atoms with E-state index < -0.39 is 67.5 Å². The quantitative estimate of drug-likeness (QED) is 0.186. The van der Waals surface area contributed by atoms with Gasteiger partial charge in [-0.25, -0.2) is 0 Å². The van der Waals surface area contributed by atoms with E-state index in [1.165, 1.54) is 24.5 Å². The van der Waals surface area contributed by atoms with E-state index in [9.17, 15) is 40.2 Å². The molecule has 0 amide bonds. The summed E-state index contributed by atoms with van der Waals surface area (Å²) in [5.41, 5.74) is 0.888. The lowest BCUT2D eigenvalue weighted by Gasteiger charge is -2.40. The molecule has 1 fully saturated rings. The first-order valence-electron chi connectivity index (χ1n) is 11.0. The van der Waals surface area contributed by atoms with Crippen LogP contribution in [0.15, 0.2) is 42.7 Å². The van der Waals surface area contributed by atoms with Gasteiger partial charge in [0, 0.05) is 17.7 Å². The summed E-state index contributed by atoms with van der Waals surface area (Å²) in [6.07, 6.45) is -9.15. The molecule has 0 spiro atoms. The van der Waals surface area contributed by atoms with Crippen molar-refractivity contribution in [2.24, 2.45) is 0 Å².